The first-order chi connectivity index (χ1) is 8.06. The third-order valence-corrected chi connectivity index (χ3v) is 2.63. The van der Waals surface area contributed by atoms with E-state index in [1.54, 1.807) is 4.90 Å². The molecule has 0 aliphatic rings. The molecule has 0 bridgehead atoms. The van der Waals surface area contributed by atoms with Crippen molar-refractivity contribution in [3.05, 3.63) is 5.28 Å². The molecule has 0 spiro atoms. The van der Waals surface area contributed by atoms with Gasteiger partial charge in [0.25, 0.3) is 0 Å². The summed E-state index contributed by atoms with van der Waals surface area (Å²) in [7, 11) is 3.75. The van der Waals surface area contributed by atoms with Crippen molar-refractivity contribution >= 4 is 23.5 Å². The van der Waals surface area contributed by atoms with Crippen LogP contribution in [-0.2, 0) is 0 Å². The lowest BCUT2D eigenvalue weighted by molar-refractivity contribution is 0.617. The van der Waals surface area contributed by atoms with E-state index in [1.807, 2.05) is 14.1 Å². The topological polar surface area (TPSA) is 53.9 Å². The van der Waals surface area contributed by atoms with Gasteiger partial charge < -0.3 is 10.2 Å². The lowest BCUT2D eigenvalue weighted by atomic mass is 10.1. The van der Waals surface area contributed by atoms with Crippen molar-refractivity contribution in [2.24, 2.45) is 0 Å². The number of hydrogen-bond donors (Lipinski definition) is 1. The van der Waals surface area contributed by atoms with Gasteiger partial charge in [-0.05, 0) is 24.4 Å². The van der Waals surface area contributed by atoms with Gasteiger partial charge in [0, 0.05) is 20.1 Å². The standard InChI is InChI=1S/C11H20ClN5/c1-5-7-8(6-2)13-10-14-9(12)15-11(16-10)17(3)4/h8H,5-7H2,1-4H3,(H,13,14,15,16). The molecule has 1 N–H and O–H groups in total. The molecule has 0 aliphatic carbocycles. The number of nitrogens with one attached hydrogen (secondary N) is 1. The SMILES string of the molecule is CCCC(CC)Nc1nc(Cl)nc(N(C)C)n1. The number of hydrogen-bond acceptors (Lipinski definition) is 5. The monoisotopic (exact) mass is 257 g/mol. The Kier molecular flexibility index (Phi) is 5.41. The highest BCUT2D eigenvalue weighted by Gasteiger charge is 2.10. The highest BCUT2D eigenvalue weighted by molar-refractivity contribution is 6.28. The molecule has 0 aromatic carbocycles. The van der Waals surface area contributed by atoms with Gasteiger partial charge >= 0.3 is 0 Å². The van der Waals surface area contributed by atoms with Crippen molar-refractivity contribution < 1.29 is 0 Å². The van der Waals surface area contributed by atoms with Gasteiger partial charge in [-0.3, -0.25) is 0 Å². The smallest absolute Gasteiger partial charge is 0.230 e. The van der Waals surface area contributed by atoms with Gasteiger partial charge in [0.15, 0.2) is 0 Å². The zero-order chi connectivity index (χ0) is 12.8. The molecule has 1 rings (SSSR count). The fourth-order valence-electron chi connectivity index (χ4n) is 1.51. The molecule has 0 radical (unpaired) electrons. The van der Waals surface area contributed by atoms with Crippen LogP contribution < -0.4 is 10.2 Å². The minimum atomic E-state index is 0.220. The maximum absolute atomic E-state index is 5.87. The summed E-state index contributed by atoms with van der Waals surface area (Å²) in [5.74, 6) is 1.12. The third kappa shape index (κ3) is 4.34. The van der Waals surface area contributed by atoms with Crippen LogP contribution in [0, 0.1) is 0 Å². The zero-order valence-corrected chi connectivity index (χ0v) is 11.6. The molecule has 0 saturated carbocycles. The van der Waals surface area contributed by atoms with Crippen molar-refractivity contribution in [2.75, 3.05) is 24.3 Å². The number of anilines is 2. The fraction of sp³-hybridized carbons (Fsp3) is 0.727. The number of halogens is 1. The average molecular weight is 258 g/mol. The van der Waals surface area contributed by atoms with E-state index in [2.05, 4.69) is 34.1 Å². The molecular formula is C11H20ClN5. The van der Waals surface area contributed by atoms with Crippen LogP contribution in [0.15, 0.2) is 0 Å². The molecule has 6 heteroatoms. The van der Waals surface area contributed by atoms with Crippen LogP contribution in [0.5, 0.6) is 0 Å². The minimum absolute atomic E-state index is 0.220. The Balaban J connectivity index is 2.82. The summed E-state index contributed by atoms with van der Waals surface area (Å²) in [6.45, 7) is 4.30. The molecule has 1 aromatic rings. The highest BCUT2D eigenvalue weighted by Crippen LogP contribution is 2.14. The summed E-state index contributed by atoms with van der Waals surface area (Å²) in [5.41, 5.74) is 0. The van der Waals surface area contributed by atoms with E-state index in [1.165, 1.54) is 0 Å². The lowest BCUT2D eigenvalue weighted by Crippen LogP contribution is -2.21. The lowest BCUT2D eigenvalue weighted by Gasteiger charge is -2.17. The first-order valence-electron chi connectivity index (χ1n) is 5.92. The Hall–Kier alpha value is -1.10. The van der Waals surface area contributed by atoms with Crippen molar-refractivity contribution in [2.45, 2.75) is 39.2 Å². The largest absolute Gasteiger partial charge is 0.351 e. The normalized spacial score (nSPS) is 12.3. The molecule has 1 unspecified atom stereocenters. The van der Waals surface area contributed by atoms with E-state index >= 15 is 0 Å². The second-order valence-electron chi connectivity index (χ2n) is 4.16. The third-order valence-electron chi connectivity index (χ3n) is 2.46. The summed E-state index contributed by atoms with van der Waals surface area (Å²) in [4.78, 5) is 14.2. The van der Waals surface area contributed by atoms with Gasteiger partial charge in [-0.2, -0.15) is 15.0 Å². The zero-order valence-electron chi connectivity index (χ0n) is 10.9. The molecule has 1 heterocycles. The molecule has 0 fully saturated rings. The van der Waals surface area contributed by atoms with Crippen molar-refractivity contribution in [3.63, 3.8) is 0 Å². The fourth-order valence-corrected chi connectivity index (χ4v) is 1.67. The van der Waals surface area contributed by atoms with Gasteiger partial charge in [-0.25, -0.2) is 0 Å². The Labute approximate surface area is 108 Å². The second-order valence-corrected chi connectivity index (χ2v) is 4.50. The van der Waals surface area contributed by atoms with Crippen molar-refractivity contribution in [3.8, 4) is 0 Å². The summed E-state index contributed by atoms with van der Waals surface area (Å²) in [5, 5.41) is 3.51. The molecule has 1 atom stereocenters. The molecule has 1 aromatic heterocycles. The molecule has 17 heavy (non-hydrogen) atoms. The average Bonchev–Trinajstić information content (AvgIpc) is 2.27. The van der Waals surface area contributed by atoms with Gasteiger partial charge in [0.1, 0.15) is 0 Å². The molecule has 96 valence electrons. The van der Waals surface area contributed by atoms with E-state index in [0.29, 0.717) is 17.9 Å². The predicted molar refractivity (Wildman–Crippen MR) is 71.8 cm³/mol. The van der Waals surface area contributed by atoms with E-state index in [9.17, 15) is 0 Å². The first kappa shape index (κ1) is 14.0. The Morgan fingerprint density at radius 1 is 1.24 bits per heavy atom. The van der Waals surface area contributed by atoms with Crippen LogP contribution in [0.3, 0.4) is 0 Å². The van der Waals surface area contributed by atoms with Crippen molar-refractivity contribution in [1.29, 1.82) is 0 Å². The summed E-state index contributed by atoms with van der Waals surface area (Å²) in [6, 6.07) is 0.383. The number of rotatable bonds is 6. The maximum Gasteiger partial charge on any atom is 0.230 e. The van der Waals surface area contributed by atoms with E-state index in [-0.39, 0.29) is 5.28 Å². The second kappa shape index (κ2) is 6.59. The maximum atomic E-state index is 5.87. The van der Waals surface area contributed by atoms with Gasteiger partial charge in [0.05, 0.1) is 0 Å². The van der Waals surface area contributed by atoms with Gasteiger partial charge in [-0.15, -0.1) is 0 Å². The highest BCUT2D eigenvalue weighted by atomic mass is 35.5. The molecule has 5 nitrogen and oxygen atoms in total. The first-order valence-corrected chi connectivity index (χ1v) is 6.30. The van der Waals surface area contributed by atoms with E-state index in [0.717, 1.165) is 19.3 Å². The number of nitrogens with zero attached hydrogens (tertiary/aromatic N) is 4. The predicted octanol–water partition coefficient (Wildman–Crippen LogP) is 2.58. The molecule has 0 amide bonds. The van der Waals surface area contributed by atoms with Crippen LogP contribution in [0.25, 0.3) is 0 Å². The quantitative estimate of drug-likeness (QED) is 0.849. The summed E-state index contributed by atoms with van der Waals surface area (Å²) < 4.78 is 0. The summed E-state index contributed by atoms with van der Waals surface area (Å²) in [6.07, 6.45) is 3.26. The van der Waals surface area contributed by atoms with E-state index < -0.39 is 0 Å². The Bertz CT molecular complexity index is 356. The van der Waals surface area contributed by atoms with Crippen LogP contribution >= 0.6 is 11.6 Å². The Morgan fingerprint density at radius 2 is 1.94 bits per heavy atom. The molecular weight excluding hydrogens is 238 g/mol. The molecule has 0 saturated heterocycles. The molecule has 0 aliphatic heterocycles. The van der Waals surface area contributed by atoms with Crippen LogP contribution in [-0.4, -0.2) is 35.1 Å². The minimum Gasteiger partial charge on any atom is -0.351 e. The van der Waals surface area contributed by atoms with Crippen LogP contribution in [0.1, 0.15) is 33.1 Å². The van der Waals surface area contributed by atoms with Crippen molar-refractivity contribution in [1.82, 2.24) is 15.0 Å². The summed E-state index contributed by atoms with van der Waals surface area (Å²) >= 11 is 5.87. The van der Waals surface area contributed by atoms with Gasteiger partial charge in [0.2, 0.25) is 17.2 Å². The Morgan fingerprint density at radius 3 is 2.47 bits per heavy atom. The van der Waals surface area contributed by atoms with Crippen LogP contribution in [0.4, 0.5) is 11.9 Å². The van der Waals surface area contributed by atoms with E-state index in [4.69, 9.17) is 11.6 Å². The number of aromatic nitrogens is 3. The van der Waals surface area contributed by atoms with Gasteiger partial charge in [-0.1, -0.05) is 20.3 Å². The van der Waals surface area contributed by atoms with Crippen LogP contribution in [0.2, 0.25) is 5.28 Å².